The molecule has 0 heterocycles. The molecule has 0 bridgehead atoms. The summed E-state index contributed by atoms with van der Waals surface area (Å²) in [4.78, 5) is 11.4. The van der Waals surface area contributed by atoms with Crippen LogP contribution in [0.15, 0.2) is 0 Å². The lowest BCUT2D eigenvalue weighted by molar-refractivity contribution is -0.122. The summed E-state index contributed by atoms with van der Waals surface area (Å²) in [6.45, 7) is 8.20. The number of aliphatic hydroxyl groups is 1. The van der Waals surface area contributed by atoms with E-state index in [1.807, 2.05) is 27.7 Å². The predicted octanol–water partition coefficient (Wildman–Crippen LogP) is 0.637. The highest BCUT2D eigenvalue weighted by molar-refractivity contribution is 5.76. The summed E-state index contributed by atoms with van der Waals surface area (Å²) in [5, 5.41) is 11.9. The average molecular weight is 216 g/mol. The maximum absolute atomic E-state index is 11.4. The molecule has 0 radical (unpaired) electrons. The Balaban J connectivity index is 3.84. The third kappa shape index (κ3) is 6.47. The minimum absolute atomic E-state index is 0.0687. The van der Waals surface area contributed by atoms with Crippen LogP contribution in [0, 0.1) is 5.41 Å². The highest BCUT2D eigenvalue weighted by Crippen LogP contribution is 2.19. The van der Waals surface area contributed by atoms with Crippen LogP contribution < -0.4 is 11.1 Å². The molecule has 0 aromatic heterocycles. The topological polar surface area (TPSA) is 75.3 Å². The highest BCUT2D eigenvalue weighted by Gasteiger charge is 2.23. The molecule has 0 aromatic carbocycles. The van der Waals surface area contributed by atoms with E-state index < -0.39 is 6.10 Å². The molecule has 90 valence electrons. The molecule has 0 saturated heterocycles. The standard InChI is InChI=1S/C11H24N2O2/c1-5-8(14)7-13-10(15)6-9(12)11(2,3)4/h8-9,14H,5-7,12H2,1-4H3,(H,13,15). The number of aliphatic hydroxyl groups excluding tert-OH is 1. The Morgan fingerprint density at radius 2 is 2.00 bits per heavy atom. The van der Waals surface area contributed by atoms with E-state index in [0.717, 1.165) is 0 Å². The van der Waals surface area contributed by atoms with Crippen molar-refractivity contribution in [3.8, 4) is 0 Å². The Kier molecular flexibility index (Phi) is 5.83. The van der Waals surface area contributed by atoms with Gasteiger partial charge < -0.3 is 16.2 Å². The summed E-state index contributed by atoms with van der Waals surface area (Å²) < 4.78 is 0. The number of amides is 1. The van der Waals surface area contributed by atoms with Crippen LogP contribution in [0.2, 0.25) is 0 Å². The first-order valence-corrected chi connectivity index (χ1v) is 5.47. The van der Waals surface area contributed by atoms with Crippen LogP contribution in [0.4, 0.5) is 0 Å². The Bertz CT molecular complexity index is 199. The fraction of sp³-hybridized carbons (Fsp3) is 0.909. The van der Waals surface area contributed by atoms with Crippen LogP contribution in [0.25, 0.3) is 0 Å². The zero-order valence-corrected chi connectivity index (χ0v) is 10.2. The first kappa shape index (κ1) is 14.4. The van der Waals surface area contributed by atoms with E-state index in [2.05, 4.69) is 5.32 Å². The molecule has 0 spiro atoms. The number of carbonyl (C=O) groups excluding carboxylic acids is 1. The van der Waals surface area contributed by atoms with Crippen molar-refractivity contribution in [2.75, 3.05) is 6.54 Å². The number of nitrogens with one attached hydrogen (secondary N) is 1. The lowest BCUT2D eigenvalue weighted by Gasteiger charge is -2.26. The van der Waals surface area contributed by atoms with E-state index in [-0.39, 0.29) is 17.4 Å². The maximum Gasteiger partial charge on any atom is 0.221 e. The van der Waals surface area contributed by atoms with E-state index in [9.17, 15) is 9.90 Å². The number of hydrogen-bond acceptors (Lipinski definition) is 3. The second kappa shape index (κ2) is 6.08. The van der Waals surface area contributed by atoms with Gasteiger partial charge in [0.05, 0.1) is 6.10 Å². The minimum Gasteiger partial charge on any atom is -0.391 e. The first-order chi connectivity index (χ1) is 6.77. The van der Waals surface area contributed by atoms with Crippen molar-refractivity contribution in [3.63, 3.8) is 0 Å². The van der Waals surface area contributed by atoms with E-state index >= 15 is 0 Å². The number of carbonyl (C=O) groups is 1. The Hall–Kier alpha value is -0.610. The quantitative estimate of drug-likeness (QED) is 0.631. The van der Waals surface area contributed by atoms with Crippen LogP contribution in [-0.2, 0) is 4.79 Å². The van der Waals surface area contributed by atoms with Gasteiger partial charge in [0, 0.05) is 19.0 Å². The van der Waals surface area contributed by atoms with Crippen molar-refractivity contribution in [1.82, 2.24) is 5.32 Å². The smallest absolute Gasteiger partial charge is 0.221 e. The molecule has 0 aliphatic carbocycles. The number of rotatable bonds is 5. The molecule has 0 saturated carbocycles. The average Bonchev–Trinajstić information content (AvgIpc) is 2.12. The van der Waals surface area contributed by atoms with Crippen LogP contribution >= 0.6 is 0 Å². The lowest BCUT2D eigenvalue weighted by Crippen LogP contribution is -2.41. The van der Waals surface area contributed by atoms with E-state index in [0.29, 0.717) is 19.4 Å². The molecule has 4 nitrogen and oxygen atoms in total. The zero-order chi connectivity index (χ0) is 12.1. The van der Waals surface area contributed by atoms with E-state index in [1.54, 1.807) is 0 Å². The van der Waals surface area contributed by atoms with Crippen molar-refractivity contribution in [2.45, 2.75) is 52.7 Å². The predicted molar refractivity (Wildman–Crippen MR) is 61.4 cm³/mol. The van der Waals surface area contributed by atoms with Crippen LogP contribution in [0.1, 0.15) is 40.5 Å². The molecular weight excluding hydrogens is 192 g/mol. The molecule has 4 N–H and O–H groups in total. The molecule has 0 rings (SSSR count). The molecule has 2 unspecified atom stereocenters. The largest absolute Gasteiger partial charge is 0.391 e. The molecule has 0 fully saturated rings. The van der Waals surface area contributed by atoms with Crippen molar-refractivity contribution in [2.24, 2.45) is 11.1 Å². The second-order valence-electron chi connectivity index (χ2n) is 5.04. The van der Waals surface area contributed by atoms with Gasteiger partial charge in [0.2, 0.25) is 5.91 Å². The van der Waals surface area contributed by atoms with Crippen LogP contribution in [-0.4, -0.2) is 29.7 Å². The van der Waals surface area contributed by atoms with Gasteiger partial charge in [-0.2, -0.15) is 0 Å². The van der Waals surface area contributed by atoms with Gasteiger partial charge in [0.1, 0.15) is 0 Å². The molecule has 0 aliphatic rings. The third-order valence-electron chi connectivity index (χ3n) is 2.52. The number of nitrogens with two attached hydrogens (primary N) is 1. The van der Waals surface area contributed by atoms with Crippen molar-refractivity contribution >= 4 is 5.91 Å². The van der Waals surface area contributed by atoms with Crippen molar-refractivity contribution in [3.05, 3.63) is 0 Å². The van der Waals surface area contributed by atoms with Gasteiger partial charge in [-0.05, 0) is 11.8 Å². The Labute approximate surface area is 92.2 Å². The zero-order valence-electron chi connectivity index (χ0n) is 10.2. The molecule has 4 heteroatoms. The fourth-order valence-corrected chi connectivity index (χ4v) is 0.954. The third-order valence-corrected chi connectivity index (χ3v) is 2.52. The van der Waals surface area contributed by atoms with E-state index in [4.69, 9.17) is 5.73 Å². The fourth-order valence-electron chi connectivity index (χ4n) is 0.954. The summed E-state index contributed by atoms with van der Waals surface area (Å²) in [5.74, 6) is -0.0927. The molecular formula is C11H24N2O2. The summed E-state index contributed by atoms with van der Waals surface area (Å²) in [7, 11) is 0. The monoisotopic (exact) mass is 216 g/mol. The van der Waals surface area contributed by atoms with Gasteiger partial charge in [0.25, 0.3) is 0 Å². The van der Waals surface area contributed by atoms with Crippen molar-refractivity contribution in [1.29, 1.82) is 0 Å². The van der Waals surface area contributed by atoms with Gasteiger partial charge in [0.15, 0.2) is 0 Å². The normalized spacial score (nSPS) is 15.9. The van der Waals surface area contributed by atoms with Crippen LogP contribution in [0.5, 0.6) is 0 Å². The molecule has 2 atom stereocenters. The highest BCUT2D eigenvalue weighted by atomic mass is 16.3. The first-order valence-electron chi connectivity index (χ1n) is 5.47. The summed E-state index contributed by atoms with van der Waals surface area (Å²) in [6, 6.07) is -0.156. The van der Waals surface area contributed by atoms with Crippen LogP contribution in [0.3, 0.4) is 0 Å². The summed E-state index contributed by atoms with van der Waals surface area (Å²) in [5.41, 5.74) is 5.80. The Morgan fingerprint density at radius 3 is 2.40 bits per heavy atom. The van der Waals surface area contributed by atoms with Crippen molar-refractivity contribution < 1.29 is 9.90 Å². The van der Waals surface area contributed by atoms with Gasteiger partial charge in [-0.3, -0.25) is 4.79 Å². The maximum atomic E-state index is 11.4. The summed E-state index contributed by atoms with van der Waals surface area (Å²) >= 11 is 0. The Morgan fingerprint density at radius 1 is 1.47 bits per heavy atom. The SMILES string of the molecule is CCC(O)CNC(=O)CC(N)C(C)(C)C. The molecule has 15 heavy (non-hydrogen) atoms. The van der Waals surface area contributed by atoms with Gasteiger partial charge in [-0.15, -0.1) is 0 Å². The minimum atomic E-state index is -0.459. The van der Waals surface area contributed by atoms with Gasteiger partial charge in [-0.1, -0.05) is 27.7 Å². The van der Waals surface area contributed by atoms with Gasteiger partial charge >= 0.3 is 0 Å². The summed E-state index contributed by atoms with van der Waals surface area (Å²) in [6.07, 6.45) is 0.491. The molecule has 1 amide bonds. The van der Waals surface area contributed by atoms with Gasteiger partial charge in [-0.25, -0.2) is 0 Å². The molecule has 0 aliphatic heterocycles. The molecule has 0 aromatic rings. The van der Waals surface area contributed by atoms with E-state index in [1.165, 1.54) is 0 Å². The second-order valence-corrected chi connectivity index (χ2v) is 5.04. The lowest BCUT2D eigenvalue weighted by atomic mass is 9.85. The number of hydrogen-bond donors (Lipinski definition) is 3.